The van der Waals surface area contributed by atoms with Crippen LogP contribution in [0, 0.1) is 5.92 Å². The molecule has 0 unspecified atom stereocenters. The predicted molar refractivity (Wildman–Crippen MR) is 84.9 cm³/mol. The Morgan fingerprint density at radius 1 is 1.27 bits per heavy atom. The highest BCUT2D eigenvalue weighted by molar-refractivity contribution is 5.68. The molecule has 1 aliphatic heterocycles. The Bertz CT molecular complexity index is 390. The lowest BCUT2D eigenvalue weighted by atomic mass is 10.00. The largest absolute Gasteiger partial charge is 0.481 e. The molecule has 1 saturated heterocycles. The highest BCUT2D eigenvalue weighted by atomic mass is 16.6. The van der Waals surface area contributed by atoms with Gasteiger partial charge in [0.05, 0.1) is 6.42 Å². The van der Waals surface area contributed by atoms with Gasteiger partial charge in [-0.25, -0.2) is 4.79 Å². The maximum Gasteiger partial charge on any atom is 0.410 e. The lowest BCUT2D eigenvalue weighted by Gasteiger charge is -2.42. The maximum atomic E-state index is 12.2. The van der Waals surface area contributed by atoms with Gasteiger partial charge in [0.25, 0.3) is 0 Å². The highest BCUT2D eigenvalue weighted by Gasteiger charge is 2.32. The van der Waals surface area contributed by atoms with E-state index in [1.807, 2.05) is 20.8 Å². The van der Waals surface area contributed by atoms with Crippen molar-refractivity contribution in [1.82, 2.24) is 9.80 Å². The fraction of sp³-hybridized carbons (Fsp3) is 0.875. The average Bonchev–Trinajstić information content (AvgIpc) is 2.34. The van der Waals surface area contributed by atoms with E-state index in [-0.39, 0.29) is 18.6 Å². The van der Waals surface area contributed by atoms with Crippen LogP contribution in [-0.2, 0) is 9.53 Å². The zero-order valence-corrected chi connectivity index (χ0v) is 14.5. The van der Waals surface area contributed by atoms with E-state index in [4.69, 9.17) is 9.84 Å². The molecule has 6 nitrogen and oxygen atoms in total. The summed E-state index contributed by atoms with van der Waals surface area (Å²) in [6.07, 6.45) is 0.805. The molecule has 0 aromatic heterocycles. The zero-order chi connectivity index (χ0) is 16.9. The first-order valence-electron chi connectivity index (χ1n) is 8.02. The molecule has 1 aliphatic rings. The number of carboxylic acids is 1. The van der Waals surface area contributed by atoms with Crippen molar-refractivity contribution in [3.63, 3.8) is 0 Å². The molecule has 0 radical (unpaired) electrons. The van der Waals surface area contributed by atoms with E-state index in [9.17, 15) is 9.59 Å². The monoisotopic (exact) mass is 314 g/mol. The van der Waals surface area contributed by atoms with Crippen molar-refractivity contribution in [3.8, 4) is 0 Å². The molecular weight excluding hydrogens is 284 g/mol. The van der Waals surface area contributed by atoms with Crippen LogP contribution >= 0.6 is 0 Å². The lowest BCUT2D eigenvalue weighted by Crippen LogP contribution is -2.56. The van der Waals surface area contributed by atoms with Crippen LogP contribution in [0.3, 0.4) is 0 Å². The number of amides is 1. The molecule has 0 saturated carbocycles. The van der Waals surface area contributed by atoms with Crippen LogP contribution in [-0.4, -0.2) is 64.8 Å². The van der Waals surface area contributed by atoms with E-state index >= 15 is 0 Å². The molecule has 0 bridgehead atoms. The number of hydrogen-bond acceptors (Lipinski definition) is 4. The third-order valence-corrected chi connectivity index (χ3v) is 3.61. The van der Waals surface area contributed by atoms with Crippen molar-refractivity contribution in [3.05, 3.63) is 0 Å². The Balaban J connectivity index is 2.66. The molecule has 6 heteroatoms. The standard InChI is InChI=1S/C16H30N2O4/c1-12(2)10-13-11-18(15(21)22-16(3,4)5)9-8-17(13)7-6-14(19)20/h12-13H,6-11H2,1-5H3,(H,19,20)/t13-/m1/s1. The summed E-state index contributed by atoms with van der Waals surface area (Å²) < 4.78 is 5.44. The number of carbonyl (C=O) groups excluding carboxylic acids is 1. The number of rotatable bonds is 5. The highest BCUT2D eigenvalue weighted by Crippen LogP contribution is 2.19. The quantitative estimate of drug-likeness (QED) is 0.844. The third kappa shape index (κ3) is 6.64. The minimum absolute atomic E-state index is 0.140. The number of carbonyl (C=O) groups is 2. The Kier molecular flexibility index (Phi) is 6.66. The molecule has 1 amide bonds. The molecule has 0 aromatic carbocycles. The first-order valence-corrected chi connectivity index (χ1v) is 8.02. The van der Waals surface area contributed by atoms with Gasteiger partial charge in [0, 0.05) is 32.2 Å². The fourth-order valence-corrected chi connectivity index (χ4v) is 2.69. The van der Waals surface area contributed by atoms with Gasteiger partial charge in [-0.2, -0.15) is 0 Å². The molecule has 1 fully saturated rings. The third-order valence-electron chi connectivity index (χ3n) is 3.61. The molecule has 1 N–H and O–H groups in total. The normalized spacial score (nSPS) is 20.3. The molecular formula is C16H30N2O4. The zero-order valence-electron chi connectivity index (χ0n) is 14.5. The number of piperazine rings is 1. The minimum atomic E-state index is -0.780. The van der Waals surface area contributed by atoms with Crippen molar-refractivity contribution >= 4 is 12.1 Å². The second-order valence-corrected chi connectivity index (χ2v) is 7.39. The van der Waals surface area contributed by atoms with E-state index in [1.165, 1.54) is 0 Å². The summed E-state index contributed by atoms with van der Waals surface area (Å²) in [6.45, 7) is 12.3. The lowest BCUT2D eigenvalue weighted by molar-refractivity contribution is -0.137. The van der Waals surface area contributed by atoms with Crippen LogP contribution in [0.15, 0.2) is 0 Å². The van der Waals surface area contributed by atoms with Gasteiger partial charge in [0.2, 0.25) is 0 Å². The van der Waals surface area contributed by atoms with Crippen LogP contribution in [0.25, 0.3) is 0 Å². The minimum Gasteiger partial charge on any atom is -0.481 e. The Morgan fingerprint density at radius 2 is 1.91 bits per heavy atom. The topological polar surface area (TPSA) is 70.1 Å². The van der Waals surface area contributed by atoms with Crippen LogP contribution in [0.2, 0.25) is 0 Å². The van der Waals surface area contributed by atoms with Crippen molar-refractivity contribution in [2.24, 2.45) is 5.92 Å². The first-order chi connectivity index (χ1) is 10.1. The Labute approximate surface area is 133 Å². The summed E-state index contributed by atoms with van der Waals surface area (Å²) in [7, 11) is 0. The second kappa shape index (κ2) is 7.81. The van der Waals surface area contributed by atoms with E-state index in [2.05, 4.69) is 18.7 Å². The molecule has 1 rings (SSSR count). The average molecular weight is 314 g/mol. The molecule has 0 spiro atoms. The van der Waals surface area contributed by atoms with E-state index < -0.39 is 11.6 Å². The molecule has 0 aliphatic carbocycles. The van der Waals surface area contributed by atoms with Crippen molar-refractivity contribution < 1.29 is 19.4 Å². The fourth-order valence-electron chi connectivity index (χ4n) is 2.69. The summed E-state index contributed by atoms with van der Waals surface area (Å²) in [5, 5.41) is 8.87. The Hall–Kier alpha value is -1.30. The van der Waals surface area contributed by atoms with Crippen LogP contribution in [0.4, 0.5) is 4.79 Å². The summed E-state index contributed by atoms with van der Waals surface area (Å²) in [5.74, 6) is -0.284. The van der Waals surface area contributed by atoms with Gasteiger partial charge in [-0.3, -0.25) is 9.69 Å². The molecule has 22 heavy (non-hydrogen) atoms. The van der Waals surface area contributed by atoms with E-state index in [1.54, 1.807) is 4.90 Å². The van der Waals surface area contributed by atoms with Crippen molar-refractivity contribution in [1.29, 1.82) is 0 Å². The van der Waals surface area contributed by atoms with Crippen LogP contribution in [0.1, 0.15) is 47.5 Å². The van der Waals surface area contributed by atoms with Gasteiger partial charge in [-0.15, -0.1) is 0 Å². The van der Waals surface area contributed by atoms with Gasteiger partial charge in [-0.05, 0) is 33.1 Å². The second-order valence-electron chi connectivity index (χ2n) is 7.39. The molecule has 128 valence electrons. The molecule has 1 atom stereocenters. The smallest absolute Gasteiger partial charge is 0.410 e. The molecule has 0 aromatic rings. The number of carboxylic acid groups (broad SMARTS) is 1. The summed E-state index contributed by atoms with van der Waals surface area (Å²) >= 11 is 0. The Morgan fingerprint density at radius 3 is 2.41 bits per heavy atom. The maximum absolute atomic E-state index is 12.2. The van der Waals surface area contributed by atoms with Crippen LogP contribution in [0.5, 0.6) is 0 Å². The van der Waals surface area contributed by atoms with E-state index in [0.717, 1.165) is 6.42 Å². The van der Waals surface area contributed by atoms with Gasteiger partial charge >= 0.3 is 12.1 Å². The van der Waals surface area contributed by atoms with Gasteiger partial charge in [0.15, 0.2) is 0 Å². The van der Waals surface area contributed by atoms with Gasteiger partial charge in [-0.1, -0.05) is 13.8 Å². The summed E-state index contributed by atoms with van der Waals surface area (Å²) in [5.41, 5.74) is -0.495. The van der Waals surface area contributed by atoms with Crippen LogP contribution < -0.4 is 0 Å². The summed E-state index contributed by atoms with van der Waals surface area (Å²) in [6, 6.07) is 0.195. The van der Waals surface area contributed by atoms with E-state index in [0.29, 0.717) is 32.1 Å². The predicted octanol–water partition coefficient (Wildman–Crippen LogP) is 2.43. The van der Waals surface area contributed by atoms with Crippen molar-refractivity contribution in [2.75, 3.05) is 26.2 Å². The first kappa shape index (κ1) is 18.7. The molecule has 1 heterocycles. The SMILES string of the molecule is CC(C)C[C@@H]1CN(C(=O)OC(C)(C)C)CCN1CCC(=O)O. The van der Waals surface area contributed by atoms with Crippen molar-refractivity contribution in [2.45, 2.75) is 59.1 Å². The summed E-state index contributed by atoms with van der Waals surface area (Å²) in [4.78, 5) is 26.9. The number of hydrogen-bond donors (Lipinski definition) is 1. The number of aliphatic carboxylic acids is 1. The van der Waals surface area contributed by atoms with Gasteiger partial charge in [0.1, 0.15) is 5.60 Å². The number of nitrogens with zero attached hydrogens (tertiary/aromatic N) is 2. The van der Waals surface area contributed by atoms with Gasteiger partial charge < -0.3 is 14.7 Å². The number of ether oxygens (including phenoxy) is 1.